The Bertz CT molecular complexity index is 608. The number of halogens is 1. The van der Waals surface area contributed by atoms with E-state index >= 15 is 0 Å². The monoisotopic (exact) mass is 276 g/mol. The summed E-state index contributed by atoms with van der Waals surface area (Å²) in [6, 6.07) is 3.93. The Morgan fingerprint density at radius 1 is 1.45 bits per heavy atom. The number of benzene rings is 1. The highest BCUT2D eigenvalue weighted by Crippen LogP contribution is 2.21. The van der Waals surface area contributed by atoms with Crippen LogP contribution < -0.4 is 4.74 Å². The number of carbonyl (C=O) groups excluding carboxylic acids is 1. The fraction of sp³-hybridized carbons (Fsp3) is 0.333. The molecule has 0 N–H and O–H groups in total. The lowest BCUT2D eigenvalue weighted by molar-refractivity contribution is 0.101. The molecule has 0 radical (unpaired) electrons. The summed E-state index contributed by atoms with van der Waals surface area (Å²) in [6.07, 6.45) is 4.43. The molecule has 1 aromatic carbocycles. The van der Waals surface area contributed by atoms with Gasteiger partial charge in [0.25, 0.3) is 0 Å². The number of aromatic nitrogens is 2. The van der Waals surface area contributed by atoms with Crippen LogP contribution in [0.3, 0.4) is 0 Å². The third-order valence-electron chi connectivity index (χ3n) is 2.96. The van der Waals surface area contributed by atoms with Crippen LogP contribution in [0, 0.1) is 5.82 Å². The second-order valence-electron chi connectivity index (χ2n) is 4.56. The average molecular weight is 276 g/mol. The maximum absolute atomic E-state index is 13.3. The summed E-state index contributed by atoms with van der Waals surface area (Å²) < 4.78 is 20.8. The molecular weight excluding hydrogens is 259 g/mol. The number of ketones is 1. The molecule has 0 bridgehead atoms. The molecule has 20 heavy (non-hydrogen) atoms. The fourth-order valence-corrected chi connectivity index (χ4v) is 1.97. The quantitative estimate of drug-likeness (QED) is 0.761. The Hall–Kier alpha value is -2.17. The number of nitrogens with zero attached hydrogens (tertiary/aromatic N) is 2. The SMILES string of the molecule is CCCn1cncc1COc1cc(F)ccc1C(C)=O. The van der Waals surface area contributed by atoms with Gasteiger partial charge in [-0.25, -0.2) is 9.37 Å². The average Bonchev–Trinajstić information content (AvgIpc) is 2.84. The van der Waals surface area contributed by atoms with E-state index < -0.39 is 5.82 Å². The molecule has 106 valence electrons. The molecule has 2 rings (SSSR count). The van der Waals surface area contributed by atoms with Gasteiger partial charge in [0.05, 0.1) is 23.8 Å². The predicted molar refractivity (Wildman–Crippen MR) is 73.3 cm³/mol. The molecule has 0 aliphatic rings. The maximum Gasteiger partial charge on any atom is 0.163 e. The van der Waals surface area contributed by atoms with E-state index in [4.69, 9.17) is 4.74 Å². The van der Waals surface area contributed by atoms with Crippen molar-refractivity contribution in [2.75, 3.05) is 0 Å². The van der Waals surface area contributed by atoms with Gasteiger partial charge >= 0.3 is 0 Å². The molecule has 0 spiro atoms. The van der Waals surface area contributed by atoms with Gasteiger partial charge in [-0.1, -0.05) is 6.92 Å². The van der Waals surface area contributed by atoms with E-state index in [9.17, 15) is 9.18 Å². The van der Waals surface area contributed by atoms with Crippen LogP contribution in [-0.4, -0.2) is 15.3 Å². The number of Topliss-reactive ketones (excluding diaryl/α,β-unsaturated/α-hetero) is 1. The minimum absolute atomic E-state index is 0.151. The zero-order valence-corrected chi connectivity index (χ0v) is 11.6. The zero-order valence-electron chi connectivity index (χ0n) is 11.6. The minimum Gasteiger partial charge on any atom is -0.486 e. The second-order valence-corrected chi connectivity index (χ2v) is 4.56. The van der Waals surface area contributed by atoms with Gasteiger partial charge < -0.3 is 9.30 Å². The summed E-state index contributed by atoms with van der Waals surface area (Å²) in [7, 11) is 0. The Labute approximate surface area is 117 Å². The number of hydrogen-bond donors (Lipinski definition) is 0. The first-order chi connectivity index (χ1) is 9.61. The summed E-state index contributed by atoms with van der Waals surface area (Å²) in [5.74, 6) is -0.309. The highest BCUT2D eigenvalue weighted by atomic mass is 19.1. The van der Waals surface area contributed by atoms with E-state index in [1.807, 2.05) is 4.57 Å². The highest BCUT2D eigenvalue weighted by molar-refractivity contribution is 5.96. The summed E-state index contributed by atoms with van der Waals surface area (Å²) in [4.78, 5) is 15.6. The third-order valence-corrected chi connectivity index (χ3v) is 2.96. The molecule has 0 atom stereocenters. The van der Waals surface area contributed by atoms with Crippen molar-refractivity contribution in [3.63, 3.8) is 0 Å². The second kappa shape index (κ2) is 6.32. The van der Waals surface area contributed by atoms with E-state index in [-0.39, 0.29) is 18.1 Å². The third kappa shape index (κ3) is 3.23. The molecule has 0 unspecified atom stereocenters. The Balaban J connectivity index is 2.16. The number of ether oxygens (including phenoxy) is 1. The molecule has 0 saturated heterocycles. The van der Waals surface area contributed by atoms with Gasteiger partial charge in [-0.3, -0.25) is 4.79 Å². The van der Waals surface area contributed by atoms with Gasteiger partial charge in [-0.2, -0.15) is 0 Å². The van der Waals surface area contributed by atoms with Crippen LogP contribution in [0.5, 0.6) is 5.75 Å². The molecule has 5 heteroatoms. The zero-order chi connectivity index (χ0) is 14.5. The largest absolute Gasteiger partial charge is 0.486 e. The van der Waals surface area contributed by atoms with Crippen LogP contribution in [0.15, 0.2) is 30.7 Å². The van der Waals surface area contributed by atoms with Crippen molar-refractivity contribution in [1.82, 2.24) is 9.55 Å². The van der Waals surface area contributed by atoms with Crippen molar-refractivity contribution in [3.05, 3.63) is 47.8 Å². The number of aryl methyl sites for hydroxylation is 1. The van der Waals surface area contributed by atoms with Crippen LogP contribution in [0.25, 0.3) is 0 Å². The Morgan fingerprint density at radius 2 is 2.25 bits per heavy atom. The predicted octanol–water partition coefficient (Wildman–Crippen LogP) is 3.21. The van der Waals surface area contributed by atoms with Gasteiger partial charge in [0.15, 0.2) is 5.78 Å². The molecular formula is C15H17FN2O2. The van der Waals surface area contributed by atoms with E-state index in [0.717, 1.165) is 18.7 Å². The first-order valence-corrected chi connectivity index (χ1v) is 6.54. The molecule has 1 heterocycles. The highest BCUT2D eigenvalue weighted by Gasteiger charge is 2.11. The lowest BCUT2D eigenvalue weighted by Crippen LogP contribution is -2.07. The van der Waals surface area contributed by atoms with Crippen molar-refractivity contribution in [1.29, 1.82) is 0 Å². The molecule has 0 fully saturated rings. The van der Waals surface area contributed by atoms with Crippen molar-refractivity contribution in [2.24, 2.45) is 0 Å². The topological polar surface area (TPSA) is 44.1 Å². The van der Waals surface area contributed by atoms with E-state index in [2.05, 4.69) is 11.9 Å². The fourth-order valence-electron chi connectivity index (χ4n) is 1.97. The lowest BCUT2D eigenvalue weighted by Gasteiger charge is -2.11. The van der Waals surface area contributed by atoms with Crippen LogP contribution in [-0.2, 0) is 13.2 Å². The van der Waals surface area contributed by atoms with Crippen molar-refractivity contribution >= 4 is 5.78 Å². The molecule has 1 aromatic heterocycles. The van der Waals surface area contributed by atoms with Crippen molar-refractivity contribution in [2.45, 2.75) is 33.4 Å². The van der Waals surface area contributed by atoms with E-state index in [0.29, 0.717) is 5.56 Å². The summed E-state index contributed by atoms with van der Waals surface area (Å²) in [5, 5.41) is 0. The van der Waals surface area contributed by atoms with Gasteiger partial charge in [0, 0.05) is 12.6 Å². The van der Waals surface area contributed by atoms with Crippen molar-refractivity contribution < 1.29 is 13.9 Å². The first-order valence-electron chi connectivity index (χ1n) is 6.54. The van der Waals surface area contributed by atoms with Gasteiger partial charge in [0.2, 0.25) is 0 Å². The van der Waals surface area contributed by atoms with Crippen molar-refractivity contribution in [3.8, 4) is 5.75 Å². The lowest BCUT2D eigenvalue weighted by atomic mass is 10.1. The molecule has 0 aliphatic carbocycles. The van der Waals surface area contributed by atoms with E-state index in [1.165, 1.54) is 25.1 Å². The number of carbonyl (C=O) groups is 1. The van der Waals surface area contributed by atoms with E-state index in [1.54, 1.807) is 12.5 Å². The summed E-state index contributed by atoms with van der Waals surface area (Å²) in [5.41, 5.74) is 1.28. The van der Waals surface area contributed by atoms with Crippen LogP contribution >= 0.6 is 0 Å². The Kier molecular flexibility index (Phi) is 4.50. The first kappa shape index (κ1) is 14.2. The summed E-state index contributed by atoms with van der Waals surface area (Å²) >= 11 is 0. The smallest absolute Gasteiger partial charge is 0.163 e. The molecule has 0 amide bonds. The van der Waals surface area contributed by atoms with Crippen LogP contribution in [0.4, 0.5) is 4.39 Å². The van der Waals surface area contributed by atoms with Crippen LogP contribution in [0.2, 0.25) is 0 Å². The number of hydrogen-bond acceptors (Lipinski definition) is 3. The maximum atomic E-state index is 13.3. The van der Waals surface area contributed by atoms with Gasteiger partial charge in [-0.05, 0) is 25.5 Å². The van der Waals surface area contributed by atoms with Crippen LogP contribution in [0.1, 0.15) is 36.3 Å². The van der Waals surface area contributed by atoms with Gasteiger partial charge in [0.1, 0.15) is 18.2 Å². The summed E-state index contributed by atoms with van der Waals surface area (Å²) in [6.45, 7) is 4.61. The minimum atomic E-state index is -0.424. The molecule has 2 aromatic rings. The normalized spacial score (nSPS) is 10.6. The van der Waals surface area contributed by atoms with Gasteiger partial charge in [-0.15, -0.1) is 0 Å². The molecule has 4 nitrogen and oxygen atoms in total. The molecule has 0 aliphatic heterocycles. The molecule has 0 saturated carbocycles. The number of rotatable bonds is 6. The Morgan fingerprint density at radius 3 is 2.95 bits per heavy atom. The standard InChI is InChI=1S/C15H17FN2O2/c1-3-6-18-10-17-8-13(18)9-20-15-7-12(16)4-5-14(15)11(2)19/h4-5,7-8,10H,3,6,9H2,1-2H3. The number of imidazole rings is 1.